The second-order valence-electron chi connectivity index (χ2n) is 7.76. The summed E-state index contributed by atoms with van der Waals surface area (Å²) in [5.74, 6) is -5.45. The predicted molar refractivity (Wildman–Crippen MR) is 113 cm³/mol. The fraction of sp³-hybridized carbons (Fsp3) is 0.400. The van der Waals surface area contributed by atoms with Crippen LogP contribution in [-0.4, -0.2) is 46.2 Å². The Balaban J connectivity index is 0.00000363. The summed E-state index contributed by atoms with van der Waals surface area (Å²) in [6.07, 6.45) is 1.29. The van der Waals surface area contributed by atoms with E-state index in [0.717, 1.165) is 17.2 Å². The number of carboxylic acids is 1. The Labute approximate surface area is 193 Å². The van der Waals surface area contributed by atoms with Gasteiger partial charge in [0, 0.05) is 12.0 Å². The van der Waals surface area contributed by atoms with Gasteiger partial charge in [0.2, 0.25) is 5.88 Å². The zero-order valence-corrected chi connectivity index (χ0v) is 18.8. The Kier molecular flexibility index (Phi) is 7.62. The van der Waals surface area contributed by atoms with E-state index in [1.165, 1.54) is 21.0 Å². The number of Topliss-reactive ketones (excluding diaryl/α,β-unsaturated/α-hetero) is 1. The molecule has 1 aliphatic carbocycles. The molecule has 0 amide bonds. The van der Waals surface area contributed by atoms with E-state index in [1.807, 2.05) is 0 Å². The summed E-state index contributed by atoms with van der Waals surface area (Å²) in [5, 5.41) is 8.65. The van der Waals surface area contributed by atoms with Crippen molar-refractivity contribution in [2.45, 2.75) is 25.9 Å². The molecule has 7 nitrogen and oxygen atoms in total. The molecule has 0 unspecified atom stereocenters. The largest absolute Gasteiger partial charge is 0.481 e. The van der Waals surface area contributed by atoms with Crippen LogP contribution in [-0.2, 0) is 4.79 Å². The van der Waals surface area contributed by atoms with Crippen molar-refractivity contribution in [3.8, 4) is 5.88 Å². The highest BCUT2D eigenvalue weighted by Crippen LogP contribution is 2.42. The van der Waals surface area contributed by atoms with Crippen LogP contribution in [0.1, 0.15) is 30.8 Å². The highest BCUT2D eigenvalue weighted by Gasteiger charge is 2.49. The molecule has 3 rings (SSSR count). The summed E-state index contributed by atoms with van der Waals surface area (Å²) in [4.78, 5) is 32.9. The number of ketones is 1. The highest BCUT2D eigenvalue weighted by molar-refractivity contribution is 6.31. The quantitative estimate of drug-likeness (QED) is 0.423. The van der Waals surface area contributed by atoms with Crippen LogP contribution in [0.2, 0.25) is 5.02 Å². The molecule has 0 saturated heterocycles. The third-order valence-electron chi connectivity index (χ3n) is 4.69. The average Bonchev–Trinajstić information content (AvgIpc) is 3.48. The number of hydrogen-bond donors (Lipinski definition) is 1. The monoisotopic (exact) mass is 493 g/mol. The van der Waals surface area contributed by atoms with E-state index >= 15 is 0 Å². The van der Waals surface area contributed by atoms with Crippen LogP contribution in [0.4, 0.5) is 24.7 Å². The van der Waals surface area contributed by atoms with Gasteiger partial charge in [0.1, 0.15) is 17.3 Å². The zero-order valence-electron chi connectivity index (χ0n) is 17.2. The maximum atomic E-state index is 14.5. The van der Waals surface area contributed by atoms with Crippen molar-refractivity contribution in [2.24, 2.45) is 11.8 Å². The van der Waals surface area contributed by atoms with Gasteiger partial charge in [-0.15, -0.1) is 12.4 Å². The van der Waals surface area contributed by atoms with E-state index in [2.05, 4.69) is 9.97 Å². The summed E-state index contributed by atoms with van der Waals surface area (Å²) < 4.78 is 47.7. The van der Waals surface area contributed by atoms with Crippen molar-refractivity contribution in [3.05, 3.63) is 40.7 Å². The first kappa shape index (κ1) is 25.7. The number of alkyl halides is 1. The van der Waals surface area contributed by atoms with E-state index in [9.17, 15) is 22.8 Å². The molecular formula is C20H20Cl2F3N3O4. The minimum atomic E-state index is -1.83. The summed E-state index contributed by atoms with van der Waals surface area (Å²) >= 11 is 5.78. The molecule has 2 aromatic rings. The molecule has 2 atom stereocenters. The van der Waals surface area contributed by atoms with Crippen molar-refractivity contribution in [1.82, 2.24) is 9.97 Å². The number of rotatable bonds is 8. The number of aromatic nitrogens is 2. The van der Waals surface area contributed by atoms with Gasteiger partial charge in [-0.25, -0.2) is 18.2 Å². The topological polar surface area (TPSA) is 92.6 Å². The Hall–Kier alpha value is -2.59. The lowest BCUT2D eigenvalue weighted by atomic mass is 10.1. The number of carboxylic acid groups (broad SMARTS) is 1. The Bertz CT molecular complexity index is 1050. The molecule has 1 aliphatic rings. The minimum Gasteiger partial charge on any atom is -0.481 e. The number of carbonyl (C=O) groups excluding carboxylic acids is 1. The fourth-order valence-electron chi connectivity index (χ4n) is 3.12. The lowest BCUT2D eigenvalue weighted by Crippen LogP contribution is -2.34. The maximum absolute atomic E-state index is 14.5. The fourth-order valence-corrected chi connectivity index (χ4v) is 3.28. The molecule has 1 aromatic carbocycles. The van der Waals surface area contributed by atoms with Gasteiger partial charge in [-0.05, 0) is 26.3 Å². The second kappa shape index (κ2) is 9.50. The first-order valence-electron chi connectivity index (χ1n) is 9.22. The smallest absolute Gasteiger partial charge is 0.307 e. The standard InChI is InChI=1S/C20H19ClF3N3O4.ClH/c1-20(2,24)8-27(14-5-11(21)12(22)6-13(14)23)15-7-25-16(18(26-15)31-3)17(28)9-4-10(9)19(29)30;/h5-7,9-10H,4,8H2,1-3H3,(H,29,30);1H/t9-,10-;/m0./s1. The Morgan fingerprint density at radius 1 is 1.28 bits per heavy atom. The molecule has 1 fully saturated rings. The van der Waals surface area contributed by atoms with Crippen LogP contribution in [0.3, 0.4) is 0 Å². The van der Waals surface area contributed by atoms with Crippen molar-refractivity contribution < 1.29 is 32.6 Å². The number of methoxy groups -OCH3 is 1. The van der Waals surface area contributed by atoms with Crippen molar-refractivity contribution in [1.29, 1.82) is 0 Å². The second-order valence-corrected chi connectivity index (χ2v) is 8.17. The van der Waals surface area contributed by atoms with Gasteiger partial charge >= 0.3 is 5.97 Å². The first-order valence-corrected chi connectivity index (χ1v) is 9.59. The molecule has 0 aliphatic heterocycles. The Morgan fingerprint density at radius 3 is 2.47 bits per heavy atom. The number of hydrogen-bond acceptors (Lipinski definition) is 6. The van der Waals surface area contributed by atoms with E-state index < -0.39 is 47.4 Å². The molecule has 1 heterocycles. The summed E-state index contributed by atoms with van der Waals surface area (Å²) in [6.45, 7) is 2.11. The summed E-state index contributed by atoms with van der Waals surface area (Å²) in [6, 6.07) is 1.56. The van der Waals surface area contributed by atoms with Crippen molar-refractivity contribution in [2.75, 3.05) is 18.6 Å². The number of anilines is 2. The van der Waals surface area contributed by atoms with Gasteiger partial charge in [0.05, 0.1) is 36.5 Å². The lowest BCUT2D eigenvalue weighted by molar-refractivity contribution is -0.138. The van der Waals surface area contributed by atoms with Gasteiger partial charge < -0.3 is 14.7 Å². The molecule has 174 valence electrons. The van der Waals surface area contributed by atoms with Gasteiger partial charge in [-0.1, -0.05) is 11.6 Å². The van der Waals surface area contributed by atoms with E-state index in [-0.39, 0.29) is 46.9 Å². The number of ether oxygens (including phenoxy) is 1. The number of halogens is 5. The van der Waals surface area contributed by atoms with Crippen molar-refractivity contribution in [3.63, 3.8) is 0 Å². The summed E-state index contributed by atoms with van der Waals surface area (Å²) in [5.41, 5.74) is -2.27. The van der Waals surface area contributed by atoms with Crippen LogP contribution in [0.5, 0.6) is 5.88 Å². The van der Waals surface area contributed by atoms with Gasteiger partial charge in [-0.2, -0.15) is 4.98 Å². The predicted octanol–water partition coefficient (Wildman–Crippen LogP) is 4.63. The average molecular weight is 494 g/mol. The van der Waals surface area contributed by atoms with Crippen LogP contribution < -0.4 is 9.64 Å². The van der Waals surface area contributed by atoms with Crippen molar-refractivity contribution >= 4 is 47.3 Å². The molecule has 0 radical (unpaired) electrons. The molecule has 12 heteroatoms. The molecular weight excluding hydrogens is 474 g/mol. The third-order valence-corrected chi connectivity index (χ3v) is 4.98. The molecule has 1 aromatic heterocycles. The van der Waals surface area contributed by atoms with Crippen LogP contribution in [0.15, 0.2) is 18.3 Å². The van der Waals surface area contributed by atoms with Crippen LogP contribution >= 0.6 is 24.0 Å². The number of nitrogens with zero attached hydrogens (tertiary/aromatic N) is 3. The molecule has 0 spiro atoms. The van der Waals surface area contributed by atoms with Gasteiger partial charge in [0.15, 0.2) is 17.3 Å². The third kappa shape index (κ3) is 5.42. The molecule has 1 saturated carbocycles. The van der Waals surface area contributed by atoms with Gasteiger partial charge in [-0.3, -0.25) is 9.59 Å². The summed E-state index contributed by atoms with van der Waals surface area (Å²) in [7, 11) is 1.23. The molecule has 32 heavy (non-hydrogen) atoms. The van der Waals surface area contributed by atoms with Gasteiger partial charge in [0.25, 0.3) is 0 Å². The number of carbonyl (C=O) groups is 2. The molecule has 0 bridgehead atoms. The lowest BCUT2D eigenvalue weighted by Gasteiger charge is -2.29. The van der Waals surface area contributed by atoms with E-state index in [1.54, 1.807) is 0 Å². The SMILES string of the molecule is COc1nc(N(CC(C)(C)F)c2cc(Cl)c(F)cc2F)cnc1C(=O)[C@H]1C[C@@H]1C(=O)O.Cl. The van der Waals surface area contributed by atoms with E-state index in [4.69, 9.17) is 21.4 Å². The minimum absolute atomic E-state index is 0. The van der Waals surface area contributed by atoms with Crippen LogP contribution in [0, 0.1) is 23.5 Å². The number of benzene rings is 1. The maximum Gasteiger partial charge on any atom is 0.307 e. The molecule has 1 N–H and O–H groups in total. The first-order chi connectivity index (χ1) is 14.4. The van der Waals surface area contributed by atoms with E-state index in [0.29, 0.717) is 6.07 Å². The Morgan fingerprint density at radius 2 is 1.94 bits per heavy atom. The number of aliphatic carboxylic acids is 1. The van der Waals surface area contributed by atoms with Crippen LogP contribution in [0.25, 0.3) is 0 Å². The zero-order chi connectivity index (χ0) is 23.1. The highest BCUT2D eigenvalue weighted by atomic mass is 35.5. The normalized spacial score (nSPS) is 17.3.